The molecule has 0 saturated heterocycles. The number of fused-ring (bicyclic) bond motifs is 1. The molecule has 124 valence electrons. The number of hydrogen-bond donors (Lipinski definition) is 1. The predicted molar refractivity (Wildman–Crippen MR) is 93.8 cm³/mol. The Bertz CT molecular complexity index is 814. The Morgan fingerprint density at radius 3 is 2.58 bits per heavy atom. The molecule has 1 N–H and O–H groups in total. The van der Waals surface area contributed by atoms with Crippen LogP contribution in [-0.2, 0) is 4.79 Å². The van der Waals surface area contributed by atoms with E-state index in [0.717, 1.165) is 16.8 Å². The van der Waals surface area contributed by atoms with E-state index in [9.17, 15) is 9.59 Å². The van der Waals surface area contributed by atoms with E-state index in [1.807, 2.05) is 32.0 Å². The number of nitrogens with zero attached hydrogens (tertiary/aromatic N) is 1. The van der Waals surface area contributed by atoms with Crippen LogP contribution in [0.4, 0.5) is 11.4 Å². The Morgan fingerprint density at radius 2 is 1.88 bits per heavy atom. The number of carbonyl (C=O) groups is 2. The Labute approximate surface area is 141 Å². The predicted octanol–water partition coefficient (Wildman–Crippen LogP) is 3.30. The molecule has 0 aromatic heterocycles. The van der Waals surface area contributed by atoms with Gasteiger partial charge >= 0.3 is 0 Å². The summed E-state index contributed by atoms with van der Waals surface area (Å²) in [7, 11) is 0. The van der Waals surface area contributed by atoms with Crippen LogP contribution in [0.3, 0.4) is 0 Å². The molecule has 0 radical (unpaired) electrons. The average Bonchev–Trinajstić information content (AvgIpc) is 2.56. The van der Waals surface area contributed by atoms with Crippen LogP contribution in [0.15, 0.2) is 36.4 Å². The average molecular weight is 324 g/mol. The van der Waals surface area contributed by atoms with Gasteiger partial charge in [-0.2, -0.15) is 0 Å². The molecule has 1 aliphatic rings. The second kappa shape index (κ2) is 6.35. The van der Waals surface area contributed by atoms with Gasteiger partial charge in [0.25, 0.3) is 5.91 Å². The molecule has 0 atom stereocenters. The fraction of sp³-hybridized carbons (Fsp3) is 0.263. The maximum Gasteiger partial charge on any atom is 0.255 e. The van der Waals surface area contributed by atoms with E-state index in [2.05, 4.69) is 5.32 Å². The van der Waals surface area contributed by atoms with Crippen molar-refractivity contribution < 1.29 is 14.3 Å². The molecule has 3 rings (SSSR count). The summed E-state index contributed by atoms with van der Waals surface area (Å²) < 4.78 is 5.62. The lowest BCUT2D eigenvalue weighted by Crippen LogP contribution is -2.36. The summed E-state index contributed by atoms with van der Waals surface area (Å²) in [4.78, 5) is 25.7. The largest absolute Gasteiger partial charge is 0.489 e. The Kier molecular flexibility index (Phi) is 4.25. The number of amides is 2. The quantitative estimate of drug-likeness (QED) is 0.922. The van der Waals surface area contributed by atoms with Crippen LogP contribution in [0.5, 0.6) is 5.75 Å². The molecule has 1 aliphatic heterocycles. The van der Waals surface area contributed by atoms with Gasteiger partial charge in [0.15, 0.2) is 0 Å². The van der Waals surface area contributed by atoms with Crippen molar-refractivity contribution in [2.75, 3.05) is 23.4 Å². The van der Waals surface area contributed by atoms with E-state index in [1.165, 1.54) is 6.92 Å². The molecule has 0 spiro atoms. The summed E-state index contributed by atoms with van der Waals surface area (Å²) in [5.41, 5.74) is 4.22. The number of carbonyl (C=O) groups excluding carboxylic acids is 2. The van der Waals surface area contributed by atoms with Gasteiger partial charge in [-0.3, -0.25) is 9.59 Å². The first-order valence-electron chi connectivity index (χ1n) is 7.89. The molecule has 0 fully saturated rings. The summed E-state index contributed by atoms with van der Waals surface area (Å²) in [5.74, 6) is 0.415. The first-order valence-corrected chi connectivity index (χ1v) is 7.89. The highest BCUT2D eigenvalue weighted by atomic mass is 16.5. The fourth-order valence-corrected chi connectivity index (χ4v) is 2.71. The molecule has 2 aromatic rings. The minimum absolute atomic E-state index is 0.0218. The maximum absolute atomic E-state index is 12.4. The van der Waals surface area contributed by atoms with Crippen molar-refractivity contribution in [3.63, 3.8) is 0 Å². The van der Waals surface area contributed by atoms with Crippen LogP contribution in [-0.4, -0.2) is 25.0 Å². The fourth-order valence-electron chi connectivity index (χ4n) is 2.71. The minimum atomic E-state index is -0.169. The number of rotatable bonds is 2. The van der Waals surface area contributed by atoms with Gasteiger partial charge in [0.1, 0.15) is 12.4 Å². The van der Waals surface area contributed by atoms with Gasteiger partial charge in [-0.05, 0) is 49.2 Å². The standard InChI is InChI=1S/C19H20N2O3/c1-12-4-5-15(10-13(12)2)19(23)20-16-6-7-17-18(11-16)24-9-8-21(17)14(3)22/h4-7,10-11H,8-9H2,1-3H3,(H,20,23). The Morgan fingerprint density at radius 1 is 1.08 bits per heavy atom. The lowest BCUT2D eigenvalue weighted by molar-refractivity contribution is -0.116. The Balaban J connectivity index is 1.82. The minimum Gasteiger partial charge on any atom is -0.489 e. The van der Waals surface area contributed by atoms with Gasteiger partial charge < -0.3 is 15.0 Å². The van der Waals surface area contributed by atoms with Crippen molar-refractivity contribution in [2.45, 2.75) is 20.8 Å². The van der Waals surface area contributed by atoms with Crippen molar-refractivity contribution >= 4 is 23.2 Å². The number of nitrogens with one attached hydrogen (secondary N) is 1. The summed E-state index contributed by atoms with van der Waals surface area (Å²) >= 11 is 0. The molecule has 0 saturated carbocycles. The van der Waals surface area contributed by atoms with E-state index in [-0.39, 0.29) is 11.8 Å². The summed E-state index contributed by atoms with van der Waals surface area (Å²) in [6.45, 7) is 6.51. The van der Waals surface area contributed by atoms with Crippen LogP contribution in [0.25, 0.3) is 0 Å². The lowest BCUT2D eigenvalue weighted by atomic mass is 10.1. The molecule has 0 aliphatic carbocycles. The zero-order valence-corrected chi connectivity index (χ0v) is 14.1. The third-order valence-electron chi connectivity index (χ3n) is 4.23. The van der Waals surface area contributed by atoms with Crippen LogP contribution in [0, 0.1) is 13.8 Å². The molecule has 5 nitrogen and oxygen atoms in total. The smallest absolute Gasteiger partial charge is 0.255 e. The normalized spacial score (nSPS) is 13.0. The first kappa shape index (κ1) is 16.1. The Hall–Kier alpha value is -2.82. The summed E-state index contributed by atoms with van der Waals surface area (Å²) in [6.07, 6.45) is 0. The summed E-state index contributed by atoms with van der Waals surface area (Å²) in [5, 5.41) is 2.88. The van der Waals surface area contributed by atoms with Crippen molar-refractivity contribution in [1.29, 1.82) is 0 Å². The van der Waals surface area contributed by atoms with Gasteiger partial charge in [0.05, 0.1) is 12.2 Å². The molecule has 2 amide bonds. The number of anilines is 2. The zero-order valence-electron chi connectivity index (χ0n) is 14.1. The van der Waals surface area contributed by atoms with Crippen molar-refractivity contribution in [2.24, 2.45) is 0 Å². The van der Waals surface area contributed by atoms with E-state index < -0.39 is 0 Å². The van der Waals surface area contributed by atoms with E-state index in [4.69, 9.17) is 4.74 Å². The highest BCUT2D eigenvalue weighted by molar-refractivity contribution is 6.05. The first-order chi connectivity index (χ1) is 11.5. The number of benzene rings is 2. The number of hydrogen-bond acceptors (Lipinski definition) is 3. The third kappa shape index (κ3) is 3.11. The number of aryl methyl sites for hydroxylation is 2. The monoisotopic (exact) mass is 324 g/mol. The molecule has 0 bridgehead atoms. The SMILES string of the molecule is CC(=O)N1CCOc2cc(NC(=O)c3ccc(C)c(C)c3)ccc21. The highest BCUT2D eigenvalue weighted by Gasteiger charge is 2.21. The lowest BCUT2D eigenvalue weighted by Gasteiger charge is -2.29. The topological polar surface area (TPSA) is 58.6 Å². The molecule has 0 unspecified atom stereocenters. The van der Waals surface area contributed by atoms with Gasteiger partial charge in [0, 0.05) is 24.2 Å². The van der Waals surface area contributed by atoms with E-state index in [1.54, 1.807) is 23.1 Å². The van der Waals surface area contributed by atoms with Crippen LogP contribution in [0.1, 0.15) is 28.4 Å². The van der Waals surface area contributed by atoms with Gasteiger partial charge in [-0.1, -0.05) is 6.07 Å². The highest BCUT2D eigenvalue weighted by Crippen LogP contribution is 2.34. The third-order valence-corrected chi connectivity index (χ3v) is 4.23. The molecule has 2 aromatic carbocycles. The molecular formula is C19H20N2O3. The van der Waals surface area contributed by atoms with E-state index >= 15 is 0 Å². The van der Waals surface area contributed by atoms with Gasteiger partial charge in [-0.15, -0.1) is 0 Å². The second-order valence-corrected chi connectivity index (χ2v) is 5.95. The number of ether oxygens (including phenoxy) is 1. The molecule has 5 heteroatoms. The molecule has 1 heterocycles. The maximum atomic E-state index is 12.4. The van der Waals surface area contributed by atoms with Gasteiger partial charge in [-0.25, -0.2) is 0 Å². The zero-order chi connectivity index (χ0) is 17.3. The van der Waals surface area contributed by atoms with Crippen LogP contribution < -0.4 is 15.0 Å². The van der Waals surface area contributed by atoms with Crippen molar-refractivity contribution in [1.82, 2.24) is 0 Å². The van der Waals surface area contributed by atoms with Crippen LogP contribution >= 0.6 is 0 Å². The van der Waals surface area contributed by atoms with E-state index in [0.29, 0.717) is 30.2 Å². The molecular weight excluding hydrogens is 304 g/mol. The van der Waals surface area contributed by atoms with Crippen LogP contribution in [0.2, 0.25) is 0 Å². The van der Waals surface area contributed by atoms with Gasteiger partial charge in [0.2, 0.25) is 5.91 Å². The second-order valence-electron chi connectivity index (χ2n) is 5.95. The van der Waals surface area contributed by atoms with Crippen molar-refractivity contribution in [3.05, 3.63) is 53.1 Å². The summed E-state index contributed by atoms with van der Waals surface area (Å²) in [6, 6.07) is 10.9. The van der Waals surface area contributed by atoms with Crippen molar-refractivity contribution in [3.8, 4) is 5.75 Å². The molecule has 24 heavy (non-hydrogen) atoms.